The number of hydrogen-bond donors (Lipinski definition) is 2. The maximum absolute atomic E-state index is 12.3. The van der Waals surface area contributed by atoms with Gasteiger partial charge in [0.05, 0.1) is 23.8 Å². The van der Waals surface area contributed by atoms with E-state index in [1.165, 1.54) is 25.3 Å². The predicted octanol–water partition coefficient (Wildman–Crippen LogP) is 2.95. The summed E-state index contributed by atoms with van der Waals surface area (Å²) in [7, 11) is -2.29. The van der Waals surface area contributed by atoms with Crippen molar-refractivity contribution in [2.24, 2.45) is 5.73 Å². The average Bonchev–Trinajstić information content (AvgIpc) is 2.65. The first-order valence-corrected chi connectivity index (χ1v) is 10.4. The van der Waals surface area contributed by atoms with Crippen LogP contribution in [-0.4, -0.2) is 34.7 Å². The van der Waals surface area contributed by atoms with Gasteiger partial charge in [0.25, 0.3) is 0 Å². The van der Waals surface area contributed by atoms with Crippen LogP contribution in [-0.2, 0) is 10.0 Å². The van der Waals surface area contributed by atoms with Crippen molar-refractivity contribution in [2.45, 2.75) is 17.4 Å². The molecular formula is C18H19Cl2N3O4S. The van der Waals surface area contributed by atoms with Crippen molar-refractivity contribution in [1.82, 2.24) is 4.72 Å². The van der Waals surface area contributed by atoms with E-state index in [9.17, 15) is 8.42 Å². The summed E-state index contributed by atoms with van der Waals surface area (Å²) in [6.07, 6.45) is 0.324. The lowest BCUT2D eigenvalue weighted by molar-refractivity contribution is 0.267. The fourth-order valence-electron chi connectivity index (χ4n) is 2.29. The van der Waals surface area contributed by atoms with Crippen LogP contribution in [0.3, 0.4) is 0 Å². The molecule has 7 nitrogen and oxygen atoms in total. The van der Waals surface area contributed by atoms with Gasteiger partial charge in [0.1, 0.15) is 11.5 Å². The zero-order valence-electron chi connectivity index (χ0n) is 15.0. The van der Waals surface area contributed by atoms with E-state index in [-0.39, 0.29) is 23.1 Å². The monoisotopic (exact) mass is 443 g/mol. The Kier molecular flexibility index (Phi) is 7.92. The normalized spacial score (nSPS) is 12.2. The number of nitrogens with zero attached hydrogens (tertiary/aromatic N) is 1. The van der Waals surface area contributed by atoms with E-state index in [0.29, 0.717) is 28.5 Å². The highest BCUT2D eigenvalue weighted by Gasteiger charge is 2.18. The quantitative estimate of drug-likeness (QED) is 0.615. The number of nitriles is 1. The number of benzene rings is 2. The molecule has 0 spiro atoms. The minimum atomic E-state index is -3.78. The molecule has 0 unspecified atom stereocenters. The average molecular weight is 444 g/mol. The van der Waals surface area contributed by atoms with Crippen molar-refractivity contribution in [3.63, 3.8) is 0 Å². The summed E-state index contributed by atoms with van der Waals surface area (Å²) < 4.78 is 37.9. The number of hydrogen-bond acceptors (Lipinski definition) is 6. The molecule has 0 aromatic heterocycles. The fourth-order valence-corrected chi connectivity index (χ4v) is 4.11. The second kappa shape index (κ2) is 9.96. The molecule has 0 bridgehead atoms. The van der Waals surface area contributed by atoms with Crippen LogP contribution >= 0.6 is 23.2 Å². The number of sulfonamides is 1. The highest BCUT2D eigenvalue weighted by Crippen LogP contribution is 2.28. The first-order chi connectivity index (χ1) is 13.3. The van der Waals surface area contributed by atoms with Crippen molar-refractivity contribution in [1.29, 1.82) is 5.26 Å². The Hall–Kier alpha value is -2.02. The molecule has 0 heterocycles. The topological polar surface area (TPSA) is 114 Å². The number of nitrogens with two attached hydrogens (primary N) is 1. The molecule has 0 aliphatic rings. The molecule has 3 N–H and O–H groups in total. The molecule has 0 saturated heterocycles. The van der Waals surface area contributed by atoms with E-state index in [2.05, 4.69) is 4.72 Å². The van der Waals surface area contributed by atoms with E-state index in [1.54, 1.807) is 18.2 Å². The summed E-state index contributed by atoms with van der Waals surface area (Å²) in [5.74, 6) is 0.870. The number of nitrogens with one attached hydrogen (secondary N) is 1. The van der Waals surface area contributed by atoms with Crippen molar-refractivity contribution in [3.05, 3.63) is 52.0 Å². The zero-order chi connectivity index (χ0) is 20.7. The van der Waals surface area contributed by atoms with Gasteiger partial charge in [0.2, 0.25) is 10.0 Å². The molecule has 2 rings (SSSR count). The fraction of sp³-hybridized carbons (Fsp3) is 0.278. The molecule has 0 saturated carbocycles. The Morgan fingerprint density at radius 2 is 1.96 bits per heavy atom. The molecule has 2 aromatic carbocycles. The lowest BCUT2D eigenvalue weighted by Gasteiger charge is -2.16. The lowest BCUT2D eigenvalue weighted by Crippen LogP contribution is -2.34. The molecule has 2 aromatic rings. The van der Waals surface area contributed by atoms with Crippen LogP contribution < -0.4 is 19.9 Å². The zero-order valence-corrected chi connectivity index (χ0v) is 17.3. The summed E-state index contributed by atoms with van der Waals surface area (Å²) >= 11 is 11.7. The van der Waals surface area contributed by atoms with Crippen molar-refractivity contribution in [2.75, 3.05) is 20.3 Å². The highest BCUT2D eigenvalue weighted by molar-refractivity contribution is 7.89. The van der Waals surface area contributed by atoms with Gasteiger partial charge in [-0.2, -0.15) is 5.26 Å². The number of methoxy groups -OCH3 is 1. The van der Waals surface area contributed by atoms with E-state index in [0.717, 1.165) is 0 Å². The first kappa shape index (κ1) is 22.3. The molecule has 0 radical (unpaired) electrons. The molecule has 0 fully saturated rings. The van der Waals surface area contributed by atoms with Gasteiger partial charge < -0.3 is 15.2 Å². The third-order valence-corrected chi connectivity index (χ3v) is 5.92. The summed E-state index contributed by atoms with van der Waals surface area (Å²) in [6, 6.07) is 10.5. The summed E-state index contributed by atoms with van der Waals surface area (Å²) in [5, 5.41) is 9.36. The third kappa shape index (κ3) is 5.99. The van der Waals surface area contributed by atoms with E-state index in [4.69, 9.17) is 43.7 Å². The minimum absolute atomic E-state index is 0.0390. The van der Waals surface area contributed by atoms with Crippen LogP contribution in [0.5, 0.6) is 11.5 Å². The van der Waals surface area contributed by atoms with Gasteiger partial charge in [-0.05, 0) is 36.8 Å². The SMILES string of the molecule is COc1ccc(C#N)cc1OC[C@@H](N)CCNS(=O)(=O)c1ccc(Cl)cc1Cl. The largest absolute Gasteiger partial charge is 0.493 e. The second-order valence-corrected chi connectivity index (χ2v) is 8.39. The molecule has 0 aliphatic carbocycles. The molecule has 0 aliphatic heterocycles. The Balaban J connectivity index is 1.89. The maximum Gasteiger partial charge on any atom is 0.242 e. The standard InChI is InChI=1S/C18H19Cl2N3O4S/c1-26-16-4-2-12(10-21)8-17(16)27-11-14(22)6-7-23-28(24,25)18-5-3-13(19)9-15(18)20/h2-5,8-9,14,23H,6-7,11,22H2,1H3/t14-/m0/s1. The molecular weight excluding hydrogens is 425 g/mol. The number of halogens is 2. The van der Waals surface area contributed by atoms with Crippen LogP contribution in [0.2, 0.25) is 10.0 Å². The first-order valence-electron chi connectivity index (χ1n) is 8.18. The molecule has 1 atom stereocenters. The minimum Gasteiger partial charge on any atom is -0.493 e. The van der Waals surface area contributed by atoms with Gasteiger partial charge in [0, 0.05) is 23.7 Å². The predicted molar refractivity (Wildman–Crippen MR) is 107 cm³/mol. The van der Waals surface area contributed by atoms with Crippen LogP contribution in [0.1, 0.15) is 12.0 Å². The van der Waals surface area contributed by atoms with Gasteiger partial charge in [-0.25, -0.2) is 13.1 Å². The number of ether oxygens (including phenoxy) is 2. The van der Waals surface area contributed by atoms with Gasteiger partial charge in [0.15, 0.2) is 11.5 Å². The van der Waals surface area contributed by atoms with Crippen molar-refractivity contribution in [3.8, 4) is 17.6 Å². The van der Waals surface area contributed by atoms with Gasteiger partial charge >= 0.3 is 0 Å². The van der Waals surface area contributed by atoms with Crippen LogP contribution in [0.4, 0.5) is 0 Å². The van der Waals surface area contributed by atoms with Crippen molar-refractivity contribution < 1.29 is 17.9 Å². The third-order valence-electron chi connectivity index (χ3n) is 3.74. The van der Waals surface area contributed by atoms with Crippen LogP contribution in [0.25, 0.3) is 0 Å². The molecule has 150 valence electrons. The maximum atomic E-state index is 12.3. The van der Waals surface area contributed by atoms with Gasteiger partial charge in [-0.3, -0.25) is 0 Å². The lowest BCUT2D eigenvalue weighted by atomic mass is 10.2. The Morgan fingerprint density at radius 3 is 2.61 bits per heavy atom. The Morgan fingerprint density at radius 1 is 1.21 bits per heavy atom. The van der Waals surface area contributed by atoms with Gasteiger partial charge in [-0.15, -0.1) is 0 Å². The second-order valence-electron chi connectivity index (χ2n) is 5.81. The molecule has 10 heteroatoms. The van der Waals surface area contributed by atoms with Crippen molar-refractivity contribution >= 4 is 33.2 Å². The van der Waals surface area contributed by atoms with E-state index < -0.39 is 16.1 Å². The Labute approximate surface area is 174 Å². The summed E-state index contributed by atoms with van der Waals surface area (Å²) in [5.41, 5.74) is 6.42. The van der Waals surface area contributed by atoms with E-state index >= 15 is 0 Å². The highest BCUT2D eigenvalue weighted by atomic mass is 35.5. The Bertz CT molecular complexity index is 977. The number of rotatable bonds is 9. The molecule has 0 amide bonds. The van der Waals surface area contributed by atoms with E-state index in [1.807, 2.05) is 6.07 Å². The summed E-state index contributed by atoms with van der Waals surface area (Å²) in [6.45, 7) is 0.218. The van der Waals surface area contributed by atoms with Gasteiger partial charge in [-0.1, -0.05) is 23.2 Å². The smallest absolute Gasteiger partial charge is 0.242 e. The summed E-state index contributed by atoms with van der Waals surface area (Å²) in [4.78, 5) is -0.0542. The van der Waals surface area contributed by atoms with Crippen LogP contribution in [0, 0.1) is 11.3 Å². The molecule has 28 heavy (non-hydrogen) atoms. The van der Waals surface area contributed by atoms with Crippen LogP contribution in [0.15, 0.2) is 41.3 Å².